The smallest absolute Gasteiger partial charge is 0.318 e. The van der Waals surface area contributed by atoms with E-state index in [1.165, 1.54) is 11.3 Å². The van der Waals surface area contributed by atoms with Gasteiger partial charge in [0.2, 0.25) is 0 Å². The first-order chi connectivity index (χ1) is 13.1. The number of nitrogens with one attached hydrogen (secondary N) is 3. The summed E-state index contributed by atoms with van der Waals surface area (Å²) >= 11 is 1.46. The van der Waals surface area contributed by atoms with E-state index in [2.05, 4.69) is 16.0 Å². The summed E-state index contributed by atoms with van der Waals surface area (Å²) in [5, 5.41) is 8.04. The first-order valence-corrected chi connectivity index (χ1v) is 9.21. The summed E-state index contributed by atoms with van der Waals surface area (Å²) < 4.78 is 5.75. The lowest BCUT2D eigenvalue weighted by atomic mass is 10.1. The minimum absolute atomic E-state index is 0.168. The van der Waals surface area contributed by atoms with Gasteiger partial charge in [-0.25, -0.2) is 4.79 Å². The van der Waals surface area contributed by atoms with Gasteiger partial charge in [0.15, 0.2) is 0 Å². The Labute approximate surface area is 160 Å². The van der Waals surface area contributed by atoms with E-state index in [1.807, 2.05) is 30.3 Å². The van der Waals surface area contributed by atoms with Crippen LogP contribution in [-0.4, -0.2) is 19.0 Å². The second-order valence-corrected chi connectivity index (χ2v) is 7.04. The number of carbonyl (C=O) groups is 2. The molecule has 1 aliphatic rings. The summed E-state index contributed by atoms with van der Waals surface area (Å²) in [5.41, 5.74) is 3.35. The molecule has 0 aliphatic carbocycles. The fourth-order valence-electron chi connectivity index (χ4n) is 2.83. The molecule has 0 spiro atoms. The second-order valence-electron chi connectivity index (χ2n) is 5.99. The van der Waals surface area contributed by atoms with Crippen molar-refractivity contribution >= 4 is 34.6 Å². The minimum atomic E-state index is -0.293. The molecule has 6 nitrogen and oxygen atoms in total. The third-order valence-corrected chi connectivity index (χ3v) is 5.38. The van der Waals surface area contributed by atoms with Crippen molar-refractivity contribution in [1.82, 2.24) is 5.32 Å². The number of para-hydroxylation sites is 1. The van der Waals surface area contributed by atoms with Crippen molar-refractivity contribution in [2.75, 3.05) is 17.7 Å². The van der Waals surface area contributed by atoms with Crippen LogP contribution in [0.1, 0.15) is 15.2 Å². The van der Waals surface area contributed by atoms with Crippen molar-refractivity contribution in [3.63, 3.8) is 0 Å². The highest BCUT2D eigenvalue weighted by molar-refractivity contribution is 7.17. The number of ether oxygens (including phenoxy) is 1. The summed E-state index contributed by atoms with van der Waals surface area (Å²) in [6.07, 6.45) is 0. The summed E-state index contributed by atoms with van der Waals surface area (Å²) in [6, 6.07) is 16.4. The zero-order valence-electron chi connectivity index (χ0n) is 14.5. The molecule has 3 amide bonds. The molecular formula is C20H17N3O3S. The first-order valence-electron chi connectivity index (χ1n) is 8.39. The van der Waals surface area contributed by atoms with Crippen LogP contribution in [0.2, 0.25) is 0 Å². The highest BCUT2D eigenvalue weighted by Crippen LogP contribution is 2.42. The molecule has 1 aromatic heterocycles. The number of rotatable bonds is 3. The van der Waals surface area contributed by atoms with Crippen molar-refractivity contribution in [3.8, 4) is 16.2 Å². The number of carbonyl (C=O) groups excluding carboxylic acids is 2. The van der Waals surface area contributed by atoms with E-state index in [1.54, 1.807) is 31.3 Å². The van der Waals surface area contributed by atoms with E-state index in [9.17, 15) is 9.59 Å². The largest absolute Gasteiger partial charge is 0.488 e. The first kappa shape index (κ1) is 17.1. The van der Waals surface area contributed by atoms with Crippen LogP contribution < -0.4 is 20.7 Å². The van der Waals surface area contributed by atoms with Gasteiger partial charge in [-0.2, -0.15) is 0 Å². The monoisotopic (exact) mass is 379 g/mol. The molecule has 2 heterocycles. The van der Waals surface area contributed by atoms with E-state index >= 15 is 0 Å². The molecule has 0 bridgehead atoms. The Bertz CT molecular complexity index is 1010. The van der Waals surface area contributed by atoms with Crippen molar-refractivity contribution in [2.24, 2.45) is 0 Å². The molecule has 0 atom stereocenters. The Morgan fingerprint density at radius 1 is 1.00 bits per heavy atom. The SMILES string of the molecule is CNC(=O)Nc1ccc(NC(=O)c2cc3c(s2)-c2ccccc2OC3)cc1. The van der Waals surface area contributed by atoms with Gasteiger partial charge in [0, 0.05) is 34.4 Å². The molecule has 1 aliphatic heterocycles. The molecule has 3 N–H and O–H groups in total. The van der Waals surface area contributed by atoms with Crippen LogP contribution in [0.4, 0.5) is 16.2 Å². The number of hydrogen-bond donors (Lipinski definition) is 3. The van der Waals surface area contributed by atoms with E-state index in [4.69, 9.17) is 4.74 Å². The zero-order chi connectivity index (χ0) is 18.8. The average molecular weight is 379 g/mol. The van der Waals surface area contributed by atoms with Gasteiger partial charge in [0.05, 0.1) is 4.88 Å². The predicted octanol–water partition coefficient (Wildman–Crippen LogP) is 4.31. The van der Waals surface area contributed by atoms with Crippen molar-refractivity contribution in [3.05, 3.63) is 65.0 Å². The van der Waals surface area contributed by atoms with Crippen LogP contribution in [0.15, 0.2) is 54.6 Å². The molecule has 0 fully saturated rings. The Balaban J connectivity index is 1.50. The lowest BCUT2D eigenvalue weighted by Gasteiger charge is -2.16. The molecule has 0 saturated carbocycles. The maximum Gasteiger partial charge on any atom is 0.318 e. The van der Waals surface area contributed by atoms with Crippen molar-refractivity contribution in [2.45, 2.75) is 6.61 Å². The Morgan fingerprint density at radius 2 is 1.70 bits per heavy atom. The minimum Gasteiger partial charge on any atom is -0.488 e. The lowest BCUT2D eigenvalue weighted by Crippen LogP contribution is -2.24. The zero-order valence-corrected chi connectivity index (χ0v) is 15.4. The topological polar surface area (TPSA) is 79.5 Å². The molecule has 27 heavy (non-hydrogen) atoms. The van der Waals surface area contributed by atoms with Crippen molar-refractivity contribution in [1.29, 1.82) is 0 Å². The van der Waals surface area contributed by atoms with Gasteiger partial charge < -0.3 is 20.7 Å². The van der Waals surface area contributed by atoms with E-state index in [0.29, 0.717) is 22.9 Å². The van der Waals surface area contributed by atoms with Crippen LogP contribution in [0.25, 0.3) is 10.4 Å². The molecule has 4 rings (SSSR count). The van der Waals surface area contributed by atoms with Crippen LogP contribution in [0, 0.1) is 0 Å². The Hall–Kier alpha value is -3.32. The maximum absolute atomic E-state index is 12.6. The average Bonchev–Trinajstić information content (AvgIpc) is 3.14. The third-order valence-electron chi connectivity index (χ3n) is 4.18. The van der Waals surface area contributed by atoms with Crippen LogP contribution in [0.5, 0.6) is 5.75 Å². The number of thiophene rings is 1. The molecule has 0 saturated heterocycles. The van der Waals surface area contributed by atoms with Gasteiger partial charge in [0.25, 0.3) is 5.91 Å². The highest BCUT2D eigenvalue weighted by atomic mass is 32.1. The van der Waals surface area contributed by atoms with Crippen molar-refractivity contribution < 1.29 is 14.3 Å². The quantitative estimate of drug-likeness (QED) is 0.634. The number of anilines is 2. The predicted molar refractivity (Wildman–Crippen MR) is 107 cm³/mol. The normalized spacial score (nSPS) is 11.6. The van der Waals surface area contributed by atoms with Gasteiger partial charge in [-0.05, 0) is 42.5 Å². The molecule has 3 aromatic rings. The fraction of sp³-hybridized carbons (Fsp3) is 0.100. The number of benzene rings is 2. The van der Waals surface area contributed by atoms with Gasteiger partial charge in [-0.15, -0.1) is 11.3 Å². The van der Waals surface area contributed by atoms with Crippen LogP contribution >= 0.6 is 11.3 Å². The standard InChI is InChI=1S/C20H17N3O3S/c1-21-20(25)23-14-8-6-13(7-9-14)22-19(24)17-10-12-11-26-16-5-3-2-4-15(16)18(12)27-17/h2-10H,11H2,1H3,(H,22,24)(H2,21,23,25). The van der Waals surface area contributed by atoms with Gasteiger partial charge >= 0.3 is 6.03 Å². The maximum atomic E-state index is 12.6. The Morgan fingerprint density at radius 3 is 2.44 bits per heavy atom. The highest BCUT2D eigenvalue weighted by Gasteiger charge is 2.22. The van der Waals surface area contributed by atoms with E-state index < -0.39 is 0 Å². The van der Waals surface area contributed by atoms with Crippen LogP contribution in [0.3, 0.4) is 0 Å². The van der Waals surface area contributed by atoms with Gasteiger partial charge in [-0.3, -0.25) is 4.79 Å². The Kier molecular flexibility index (Phi) is 4.52. The van der Waals surface area contributed by atoms with Gasteiger partial charge in [0.1, 0.15) is 12.4 Å². The number of fused-ring (bicyclic) bond motifs is 3. The van der Waals surface area contributed by atoms with E-state index in [-0.39, 0.29) is 11.9 Å². The number of amides is 3. The molecule has 136 valence electrons. The number of hydrogen-bond acceptors (Lipinski definition) is 4. The molecule has 7 heteroatoms. The van der Waals surface area contributed by atoms with E-state index in [0.717, 1.165) is 21.8 Å². The summed E-state index contributed by atoms with van der Waals surface area (Å²) in [7, 11) is 1.55. The molecular weight excluding hydrogens is 362 g/mol. The molecule has 0 unspecified atom stereocenters. The van der Waals surface area contributed by atoms with Gasteiger partial charge in [-0.1, -0.05) is 12.1 Å². The summed E-state index contributed by atoms with van der Waals surface area (Å²) in [6.45, 7) is 0.468. The summed E-state index contributed by atoms with van der Waals surface area (Å²) in [4.78, 5) is 25.7. The summed E-state index contributed by atoms with van der Waals surface area (Å²) in [5.74, 6) is 0.678. The second kappa shape index (κ2) is 7.13. The fourth-order valence-corrected chi connectivity index (χ4v) is 3.93. The lowest BCUT2D eigenvalue weighted by molar-refractivity contribution is 0.103. The third kappa shape index (κ3) is 3.50. The molecule has 0 radical (unpaired) electrons. The molecule has 2 aromatic carbocycles. The van der Waals surface area contributed by atoms with Crippen LogP contribution in [-0.2, 0) is 6.61 Å². The number of urea groups is 1.